The van der Waals surface area contributed by atoms with Crippen LogP contribution in [0.3, 0.4) is 0 Å². The zero-order valence-electron chi connectivity index (χ0n) is 8.57. The van der Waals surface area contributed by atoms with Crippen molar-refractivity contribution in [1.29, 1.82) is 0 Å². The van der Waals surface area contributed by atoms with Crippen LogP contribution in [0.25, 0.3) is 0 Å². The van der Waals surface area contributed by atoms with Gasteiger partial charge in [0.2, 0.25) is 5.96 Å². The molecule has 0 aromatic carbocycles. The zero-order chi connectivity index (χ0) is 12.3. The average molecular weight is 255 g/mol. The van der Waals surface area contributed by atoms with Crippen molar-refractivity contribution in [3.63, 3.8) is 0 Å². The number of nitrogens with one attached hydrogen (secondary N) is 1. The van der Waals surface area contributed by atoms with Gasteiger partial charge in [-0.15, -0.1) is 9.63 Å². The number of rotatable bonds is 3. The van der Waals surface area contributed by atoms with E-state index in [1.54, 1.807) is 0 Å². The Morgan fingerprint density at radius 2 is 2.35 bits per heavy atom. The summed E-state index contributed by atoms with van der Waals surface area (Å²) in [5.74, 6) is 0.330. The SMILES string of the molecule is NC1=NC2=NC(/N=N/SCCO)=NC2C(=O)N1. The number of aliphatic hydroxyl groups excluding tert-OH is 1. The number of carbonyl (C=O) groups excluding carboxylic acids is 1. The van der Waals surface area contributed by atoms with E-state index in [9.17, 15) is 4.79 Å². The van der Waals surface area contributed by atoms with E-state index in [-0.39, 0.29) is 30.3 Å². The number of aliphatic hydroxyl groups is 1. The lowest BCUT2D eigenvalue weighted by Crippen LogP contribution is -2.49. The molecule has 0 saturated heterocycles. The lowest BCUT2D eigenvalue weighted by Gasteiger charge is -2.13. The predicted molar refractivity (Wildman–Crippen MR) is 62.8 cm³/mol. The van der Waals surface area contributed by atoms with Crippen molar-refractivity contribution in [3.05, 3.63) is 0 Å². The highest BCUT2D eigenvalue weighted by Crippen LogP contribution is 2.12. The summed E-state index contributed by atoms with van der Waals surface area (Å²) in [5.41, 5.74) is 5.37. The minimum Gasteiger partial charge on any atom is -0.395 e. The summed E-state index contributed by atoms with van der Waals surface area (Å²) in [5, 5.41) is 14.6. The van der Waals surface area contributed by atoms with Crippen LogP contribution in [0.15, 0.2) is 24.6 Å². The highest BCUT2D eigenvalue weighted by Gasteiger charge is 2.33. The first-order chi connectivity index (χ1) is 8.20. The third kappa shape index (κ3) is 2.65. The molecule has 90 valence electrons. The fraction of sp³-hybridized carbons (Fsp3) is 0.429. The van der Waals surface area contributed by atoms with Crippen LogP contribution in [-0.4, -0.2) is 47.2 Å². The van der Waals surface area contributed by atoms with Crippen LogP contribution in [0.4, 0.5) is 0 Å². The first-order valence-corrected chi connectivity index (χ1v) is 5.60. The Morgan fingerprint density at radius 3 is 3.12 bits per heavy atom. The molecule has 9 nitrogen and oxygen atoms in total. The van der Waals surface area contributed by atoms with E-state index in [2.05, 4.69) is 29.9 Å². The van der Waals surface area contributed by atoms with Crippen LogP contribution >= 0.6 is 11.9 Å². The molecule has 2 rings (SSSR count). The topological polar surface area (TPSA) is 137 Å². The first kappa shape index (κ1) is 11.7. The van der Waals surface area contributed by atoms with Crippen molar-refractivity contribution in [2.75, 3.05) is 12.4 Å². The largest absolute Gasteiger partial charge is 0.395 e. The minimum absolute atomic E-state index is 0.00644. The van der Waals surface area contributed by atoms with Gasteiger partial charge >= 0.3 is 0 Å². The zero-order valence-corrected chi connectivity index (χ0v) is 9.39. The fourth-order valence-corrected chi connectivity index (χ4v) is 1.46. The van der Waals surface area contributed by atoms with E-state index in [1.807, 2.05) is 0 Å². The second kappa shape index (κ2) is 5.01. The maximum atomic E-state index is 11.4. The van der Waals surface area contributed by atoms with Gasteiger partial charge in [0.15, 0.2) is 11.9 Å². The van der Waals surface area contributed by atoms with Crippen LogP contribution in [0.1, 0.15) is 0 Å². The van der Waals surface area contributed by atoms with Gasteiger partial charge in [0.25, 0.3) is 11.9 Å². The van der Waals surface area contributed by atoms with Gasteiger partial charge in [-0.25, -0.2) is 4.99 Å². The van der Waals surface area contributed by atoms with Crippen LogP contribution in [0.5, 0.6) is 0 Å². The van der Waals surface area contributed by atoms with Crippen molar-refractivity contribution in [1.82, 2.24) is 5.32 Å². The van der Waals surface area contributed by atoms with Gasteiger partial charge in [0, 0.05) is 17.7 Å². The van der Waals surface area contributed by atoms with Crippen molar-refractivity contribution in [2.24, 2.45) is 30.3 Å². The van der Waals surface area contributed by atoms with Gasteiger partial charge in [-0.1, -0.05) is 0 Å². The number of hydrogen-bond acceptors (Lipinski definition) is 9. The second-order valence-electron chi connectivity index (χ2n) is 3.03. The molecule has 17 heavy (non-hydrogen) atoms. The van der Waals surface area contributed by atoms with Gasteiger partial charge < -0.3 is 10.8 Å². The lowest BCUT2D eigenvalue weighted by atomic mass is 10.2. The Hall–Kier alpha value is -1.81. The molecular weight excluding hydrogens is 246 g/mol. The summed E-state index contributed by atoms with van der Waals surface area (Å²) >= 11 is 1.07. The Morgan fingerprint density at radius 1 is 1.53 bits per heavy atom. The molecule has 1 amide bonds. The molecule has 0 bridgehead atoms. The van der Waals surface area contributed by atoms with Gasteiger partial charge in [0.1, 0.15) is 0 Å². The van der Waals surface area contributed by atoms with Crippen molar-refractivity contribution >= 4 is 35.6 Å². The summed E-state index contributed by atoms with van der Waals surface area (Å²) in [6.45, 7) is 0.0105. The van der Waals surface area contributed by atoms with E-state index < -0.39 is 6.04 Å². The number of hydrogen-bond donors (Lipinski definition) is 3. The number of fused-ring (bicyclic) bond motifs is 1. The molecule has 0 aromatic rings. The molecule has 2 aliphatic heterocycles. The van der Waals surface area contributed by atoms with Crippen LogP contribution in [0.2, 0.25) is 0 Å². The Labute approximate surface area is 100 Å². The summed E-state index contributed by atoms with van der Waals surface area (Å²) in [6.07, 6.45) is 0. The molecule has 1 unspecified atom stereocenters. The number of nitrogens with two attached hydrogens (primary N) is 1. The molecule has 2 heterocycles. The molecule has 1 atom stereocenters. The highest BCUT2D eigenvalue weighted by atomic mass is 32.2. The van der Waals surface area contributed by atoms with Gasteiger partial charge in [0.05, 0.1) is 6.61 Å². The summed E-state index contributed by atoms with van der Waals surface area (Å²) in [6, 6.07) is -0.793. The molecule has 0 aliphatic carbocycles. The van der Waals surface area contributed by atoms with Gasteiger partial charge in [-0.05, 0) is 0 Å². The number of aliphatic imine (C=N–C) groups is 3. The lowest BCUT2D eigenvalue weighted by molar-refractivity contribution is -0.119. The Balaban J connectivity index is 2.06. The van der Waals surface area contributed by atoms with Crippen LogP contribution in [-0.2, 0) is 4.79 Å². The van der Waals surface area contributed by atoms with E-state index in [0.717, 1.165) is 11.9 Å². The number of carbonyl (C=O) groups is 1. The van der Waals surface area contributed by atoms with Gasteiger partial charge in [-0.2, -0.15) is 9.98 Å². The van der Waals surface area contributed by atoms with E-state index in [4.69, 9.17) is 10.8 Å². The normalized spacial score (nSPS) is 23.0. The minimum atomic E-state index is -0.793. The van der Waals surface area contributed by atoms with E-state index >= 15 is 0 Å². The molecule has 0 radical (unpaired) electrons. The monoisotopic (exact) mass is 255 g/mol. The number of nitrogens with zero attached hydrogens (tertiary/aromatic N) is 5. The number of amides is 1. The number of amidine groups is 1. The molecule has 2 aliphatic rings. The third-order valence-electron chi connectivity index (χ3n) is 1.81. The maximum absolute atomic E-state index is 11.4. The summed E-state index contributed by atoms with van der Waals surface area (Å²) < 4.78 is 3.68. The highest BCUT2D eigenvalue weighted by molar-refractivity contribution is 7.97. The van der Waals surface area contributed by atoms with Gasteiger partial charge in [-0.3, -0.25) is 10.1 Å². The molecule has 0 aromatic heterocycles. The predicted octanol–water partition coefficient (Wildman–Crippen LogP) is -1.34. The molecule has 4 N–H and O–H groups in total. The average Bonchev–Trinajstić information content (AvgIpc) is 2.67. The summed E-state index contributed by atoms with van der Waals surface area (Å²) in [7, 11) is 0. The maximum Gasteiger partial charge on any atom is 0.268 e. The second-order valence-corrected chi connectivity index (χ2v) is 3.86. The van der Waals surface area contributed by atoms with E-state index in [1.165, 1.54) is 0 Å². The first-order valence-electron chi connectivity index (χ1n) is 4.66. The van der Waals surface area contributed by atoms with Crippen molar-refractivity contribution < 1.29 is 9.90 Å². The summed E-state index contributed by atoms with van der Waals surface area (Å²) in [4.78, 5) is 23.1. The Kier molecular flexibility index (Phi) is 3.44. The molecular formula is C7H9N7O2S. The molecule has 0 saturated carbocycles. The third-order valence-corrected chi connectivity index (χ3v) is 2.37. The number of guanidine groups is 2. The molecule has 0 spiro atoms. The molecule has 0 fully saturated rings. The van der Waals surface area contributed by atoms with E-state index in [0.29, 0.717) is 5.75 Å². The Bertz CT molecular complexity index is 455. The van der Waals surface area contributed by atoms with Crippen LogP contribution < -0.4 is 11.1 Å². The fourth-order valence-electron chi connectivity index (χ4n) is 1.17. The standard InChI is InChI=1S/C7H9N7O2S/c8-6-10-4-3(5(16)12-6)9-7(11-4)13-14-17-2-1-15/h3,15H,1-2H2,(H3,8,9,10,11,12,16)/b14-13+. The van der Waals surface area contributed by atoms with Crippen molar-refractivity contribution in [2.45, 2.75) is 6.04 Å². The van der Waals surface area contributed by atoms with Crippen molar-refractivity contribution in [3.8, 4) is 0 Å². The van der Waals surface area contributed by atoms with Crippen LogP contribution in [0, 0.1) is 0 Å². The molecule has 10 heteroatoms. The smallest absolute Gasteiger partial charge is 0.268 e. The quantitative estimate of drug-likeness (QED) is 0.326.